The maximum absolute atomic E-state index is 11.8. The van der Waals surface area contributed by atoms with Gasteiger partial charge in [0.15, 0.2) is 0 Å². The van der Waals surface area contributed by atoms with Crippen molar-refractivity contribution in [2.75, 3.05) is 6.26 Å². The van der Waals surface area contributed by atoms with Crippen LogP contribution in [0, 0.1) is 0 Å². The average molecular weight is 318 g/mol. The van der Waals surface area contributed by atoms with Crippen molar-refractivity contribution in [1.29, 1.82) is 0 Å². The third-order valence-corrected chi connectivity index (χ3v) is 5.16. The number of nitrogens with two attached hydrogens (primary N) is 1. The molecule has 0 spiro atoms. The SMILES string of the molecule is CC(=Cc1cccc(S(=O)(=O)NS(C)(=O)=O)c1)C(N)=O. The van der Waals surface area contributed by atoms with E-state index in [4.69, 9.17) is 5.73 Å². The highest BCUT2D eigenvalue weighted by Crippen LogP contribution is 2.14. The van der Waals surface area contributed by atoms with Crippen molar-refractivity contribution in [3.63, 3.8) is 0 Å². The van der Waals surface area contributed by atoms with E-state index in [0.29, 0.717) is 5.56 Å². The molecular weight excluding hydrogens is 304 g/mol. The lowest BCUT2D eigenvalue weighted by Gasteiger charge is -2.05. The fourth-order valence-electron chi connectivity index (χ4n) is 1.34. The highest BCUT2D eigenvalue weighted by atomic mass is 32.3. The molecule has 1 aromatic carbocycles. The van der Waals surface area contributed by atoms with E-state index in [1.807, 2.05) is 0 Å². The van der Waals surface area contributed by atoms with Crippen molar-refractivity contribution in [3.05, 3.63) is 35.4 Å². The lowest BCUT2D eigenvalue weighted by molar-refractivity contribution is -0.114. The van der Waals surface area contributed by atoms with Gasteiger partial charge in [0.05, 0.1) is 11.2 Å². The predicted molar refractivity (Wildman–Crippen MR) is 74.5 cm³/mol. The molecular formula is C11H14N2O5S2. The molecule has 0 radical (unpaired) electrons. The summed E-state index contributed by atoms with van der Waals surface area (Å²) in [7, 11) is -8.09. The number of rotatable bonds is 5. The van der Waals surface area contributed by atoms with Crippen LogP contribution >= 0.6 is 0 Å². The zero-order chi connectivity index (χ0) is 15.6. The third kappa shape index (κ3) is 4.76. The second-order valence-corrected chi connectivity index (χ2v) is 7.81. The Labute approximate surface area is 117 Å². The van der Waals surface area contributed by atoms with Gasteiger partial charge >= 0.3 is 0 Å². The summed E-state index contributed by atoms with van der Waals surface area (Å²) in [6.07, 6.45) is 2.15. The number of sulfonamides is 2. The minimum atomic E-state index is -4.18. The Balaban J connectivity index is 3.24. The summed E-state index contributed by atoms with van der Waals surface area (Å²) in [6.45, 7) is 1.48. The molecule has 20 heavy (non-hydrogen) atoms. The van der Waals surface area contributed by atoms with Crippen LogP contribution < -0.4 is 9.86 Å². The van der Waals surface area contributed by atoms with Crippen LogP contribution in [0.15, 0.2) is 34.7 Å². The van der Waals surface area contributed by atoms with E-state index in [0.717, 1.165) is 6.26 Å². The molecule has 0 atom stereocenters. The van der Waals surface area contributed by atoms with E-state index < -0.39 is 26.0 Å². The van der Waals surface area contributed by atoms with Crippen molar-refractivity contribution < 1.29 is 21.6 Å². The minimum absolute atomic E-state index is 0.228. The van der Waals surface area contributed by atoms with Gasteiger partial charge in [-0.15, -0.1) is 4.13 Å². The van der Waals surface area contributed by atoms with Gasteiger partial charge in [-0.3, -0.25) is 4.79 Å². The average Bonchev–Trinajstić information content (AvgIpc) is 2.26. The van der Waals surface area contributed by atoms with Gasteiger partial charge in [0.25, 0.3) is 10.0 Å². The van der Waals surface area contributed by atoms with Gasteiger partial charge in [-0.1, -0.05) is 12.1 Å². The van der Waals surface area contributed by atoms with Crippen LogP contribution in [0.1, 0.15) is 12.5 Å². The number of hydrogen-bond acceptors (Lipinski definition) is 5. The van der Waals surface area contributed by atoms with Crippen LogP contribution in [0.5, 0.6) is 0 Å². The van der Waals surface area contributed by atoms with E-state index in [1.54, 1.807) is 10.2 Å². The Hall–Kier alpha value is -1.71. The molecule has 1 aromatic rings. The summed E-state index contributed by atoms with van der Waals surface area (Å²) in [5, 5.41) is 0. The van der Waals surface area contributed by atoms with Crippen molar-refractivity contribution in [2.45, 2.75) is 11.8 Å². The molecule has 0 aliphatic rings. The minimum Gasteiger partial charge on any atom is -0.366 e. The topological polar surface area (TPSA) is 123 Å². The van der Waals surface area contributed by atoms with Crippen LogP contribution in [0.25, 0.3) is 6.08 Å². The van der Waals surface area contributed by atoms with Crippen molar-refractivity contribution in [3.8, 4) is 0 Å². The Bertz CT molecular complexity index is 764. The van der Waals surface area contributed by atoms with Gasteiger partial charge in [-0.2, -0.15) is 0 Å². The molecule has 0 fully saturated rings. The van der Waals surface area contributed by atoms with Crippen molar-refractivity contribution in [1.82, 2.24) is 4.13 Å². The van der Waals surface area contributed by atoms with E-state index >= 15 is 0 Å². The number of primary amides is 1. The Morgan fingerprint density at radius 3 is 2.35 bits per heavy atom. The van der Waals surface area contributed by atoms with Crippen LogP contribution in [-0.2, 0) is 24.8 Å². The lowest BCUT2D eigenvalue weighted by atomic mass is 10.1. The van der Waals surface area contributed by atoms with Gasteiger partial charge in [0.2, 0.25) is 15.9 Å². The Kier molecular flexibility index (Phi) is 4.69. The first-order chi connectivity index (χ1) is 9.01. The standard InChI is InChI=1S/C11H14N2O5S2/c1-8(11(12)14)6-9-4-3-5-10(7-9)20(17,18)13-19(2,15)16/h3-7,13H,1-2H3,(H2,12,14). The molecule has 7 nitrogen and oxygen atoms in total. The monoisotopic (exact) mass is 318 g/mol. The molecule has 0 unspecified atom stereocenters. The highest BCUT2D eigenvalue weighted by molar-refractivity contribution is 8.04. The predicted octanol–water partition coefficient (Wildman–Crippen LogP) is -0.187. The summed E-state index contributed by atoms with van der Waals surface area (Å²) < 4.78 is 47.2. The van der Waals surface area contributed by atoms with Gasteiger partial charge in [0, 0.05) is 5.57 Å². The maximum atomic E-state index is 11.8. The van der Waals surface area contributed by atoms with E-state index in [1.165, 1.54) is 31.2 Å². The highest BCUT2D eigenvalue weighted by Gasteiger charge is 2.19. The van der Waals surface area contributed by atoms with Gasteiger partial charge in [-0.25, -0.2) is 16.8 Å². The largest absolute Gasteiger partial charge is 0.366 e. The number of hydrogen-bond donors (Lipinski definition) is 2. The van der Waals surface area contributed by atoms with E-state index in [-0.39, 0.29) is 10.5 Å². The number of carbonyl (C=O) groups excluding carboxylic acids is 1. The second kappa shape index (κ2) is 5.73. The Morgan fingerprint density at radius 2 is 1.85 bits per heavy atom. The summed E-state index contributed by atoms with van der Waals surface area (Å²) in [4.78, 5) is 10.7. The Morgan fingerprint density at radius 1 is 1.25 bits per heavy atom. The summed E-state index contributed by atoms with van der Waals surface area (Å²) in [5.74, 6) is -0.632. The molecule has 3 N–H and O–H groups in total. The first-order valence-corrected chi connectivity index (χ1v) is 8.70. The van der Waals surface area contributed by atoms with Gasteiger partial charge < -0.3 is 5.73 Å². The zero-order valence-electron chi connectivity index (χ0n) is 10.8. The van der Waals surface area contributed by atoms with Gasteiger partial charge in [0.1, 0.15) is 0 Å². The zero-order valence-corrected chi connectivity index (χ0v) is 12.5. The summed E-state index contributed by atoms with van der Waals surface area (Å²) in [5.41, 5.74) is 5.73. The summed E-state index contributed by atoms with van der Waals surface area (Å²) in [6, 6.07) is 5.47. The van der Waals surface area contributed by atoms with E-state index in [9.17, 15) is 21.6 Å². The van der Waals surface area contributed by atoms with Crippen LogP contribution in [0.3, 0.4) is 0 Å². The molecule has 0 saturated carbocycles. The maximum Gasteiger partial charge on any atom is 0.253 e. The molecule has 0 aromatic heterocycles. The number of carbonyl (C=O) groups is 1. The molecule has 0 saturated heterocycles. The molecule has 0 heterocycles. The molecule has 1 amide bonds. The first kappa shape index (κ1) is 16.3. The fourth-order valence-corrected chi connectivity index (χ4v) is 3.87. The molecule has 1 rings (SSSR count). The molecule has 0 aliphatic carbocycles. The molecule has 9 heteroatoms. The van der Waals surface area contributed by atoms with Crippen LogP contribution in [0.4, 0.5) is 0 Å². The molecule has 0 bridgehead atoms. The van der Waals surface area contributed by atoms with Crippen molar-refractivity contribution >= 4 is 32.0 Å². The number of benzene rings is 1. The van der Waals surface area contributed by atoms with Crippen LogP contribution in [0.2, 0.25) is 0 Å². The third-order valence-electron chi connectivity index (χ3n) is 2.20. The van der Waals surface area contributed by atoms with Gasteiger partial charge in [-0.05, 0) is 30.7 Å². The fraction of sp³-hybridized carbons (Fsp3) is 0.182. The number of nitrogens with one attached hydrogen (secondary N) is 1. The smallest absolute Gasteiger partial charge is 0.253 e. The normalized spacial score (nSPS) is 13.2. The van der Waals surface area contributed by atoms with Crippen LogP contribution in [-0.4, -0.2) is 29.0 Å². The molecule has 0 aliphatic heterocycles. The first-order valence-electron chi connectivity index (χ1n) is 5.33. The van der Waals surface area contributed by atoms with E-state index in [2.05, 4.69) is 0 Å². The lowest BCUT2D eigenvalue weighted by Crippen LogP contribution is -2.29. The molecule has 110 valence electrons. The second-order valence-electron chi connectivity index (χ2n) is 4.12. The number of amides is 1. The van der Waals surface area contributed by atoms with Crippen molar-refractivity contribution in [2.24, 2.45) is 5.73 Å². The quantitative estimate of drug-likeness (QED) is 0.728. The summed E-state index contributed by atoms with van der Waals surface area (Å²) >= 11 is 0.